The van der Waals surface area contributed by atoms with Crippen molar-refractivity contribution >= 4 is 5.78 Å². The van der Waals surface area contributed by atoms with E-state index in [0.29, 0.717) is 11.8 Å². The highest BCUT2D eigenvalue weighted by molar-refractivity contribution is 6.05. The van der Waals surface area contributed by atoms with Crippen LogP contribution in [0.4, 0.5) is 0 Å². The van der Waals surface area contributed by atoms with Gasteiger partial charge in [0.2, 0.25) is 0 Å². The van der Waals surface area contributed by atoms with Crippen molar-refractivity contribution in [1.82, 2.24) is 0 Å². The van der Waals surface area contributed by atoms with Crippen molar-refractivity contribution in [2.24, 2.45) is 22.7 Å². The highest BCUT2D eigenvalue weighted by Crippen LogP contribution is 2.63. The fraction of sp³-hybridized carbons (Fsp3) is 0.607. The zero-order valence-electron chi connectivity index (χ0n) is 19.6. The Morgan fingerprint density at radius 1 is 1.23 bits per heavy atom. The van der Waals surface area contributed by atoms with Gasteiger partial charge in [-0.3, -0.25) is 4.79 Å². The Balaban J connectivity index is 1.68. The minimum atomic E-state index is -0.353. The summed E-state index contributed by atoms with van der Waals surface area (Å²) in [6, 6.07) is 0. The smallest absolute Gasteiger partial charge is 0.181 e. The largest absolute Gasteiger partial charge is 0.389 e. The third-order valence-electron chi connectivity index (χ3n) is 8.70. The van der Waals surface area contributed by atoms with Gasteiger partial charge in [-0.1, -0.05) is 43.2 Å². The first-order chi connectivity index (χ1) is 14.1. The second kappa shape index (κ2) is 7.48. The Kier molecular flexibility index (Phi) is 5.37. The fourth-order valence-corrected chi connectivity index (χ4v) is 7.09. The second-order valence-corrected chi connectivity index (χ2v) is 10.8. The van der Waals surface area contributed by atoms with E-state index in [-0.39, 0.29) is 22.7 Å². The molecule has 0 spiro atoms. The van der Waals surface area contributed by atoms with E-state index in [1.54, 1.807) is 6.08 Å². The second-order valence-electron chi connectivity index (χ2n) is 10.8. The summed E-state index contributed by atoms with van der Waals surface area (Å²) in [5, 5.41) is 11.1. The standard InChI is InChI=1S/C28H38O2/c1-17(2)8-7-9-18(3)26-25(30)16-23-20-10-11-21-19(4)24(29)13-15-27(21,5)22(20)12-14-28(23,26)6/h8,13,15-16,18,25-26,30H,7,9-12,14H2,1-6H3/t18-,25+,26-,27+,28-/m1/s1. The van der Waals surface area contributed by atoms with Crippen molar-refractivity contribution in [2.75, 3.05) is 0 Å². The zero-order chi connectivity index (χ0) is 21.8. The lowest BCUT2D eigenvalue weighted by Crippen LogP contribution is -2.40. The number of rotatable bonds is 4. The van der Waals surface area contributed by atoms with Crippen LogP contribution in [0.5, 0.6) is 0 Å². The molecule has 0 fully saturated rings. The van der Waals surface area contributed by atoms with Gasteiger partial charge in [-0.15, -0.1) is 0 Å². The van der Waals surface area contributed by atoms with Crippen LogP contribution in [-0.4, -0.2) is 17.0 Å². The van der Waals surface area contributed by atoms with E-state index in [0.717, 1.165) is 44.1 Å². The van der Waals surface area contributed by atoms with Crippen molar-refractivity contribution in [2.45, 2.75) is 86.2 Å². The third kappa shape index (κ3) is 3.14. The summed E-state index contributed by atoms with van der Waals surface area (Å²) < 4.78 is 0. The summed E-state index contributed by atoms with van der Waals surface area (Å²) in [6.07, 6.45) is 14.5. The number of aliphatic hydroxyl groups excluding tert-OH is 1. The molecular weight excluding hydrogens is 368 g/mol. The van der Waals surface area contributed by atoms with Crippen molar-refractivity contribution in [1.29, 1.82) is 0 Å². The van der Waals surface area contributed by atoms with Gasteiger partial charge in [-0.05, 0) is 106 Å². The molecule has 0 aromatic rings. The first-order valence-corrected chi connectivity index (χ1v) is 11.8. The molecule has 0 aromatic carbocycles. The normalized spacial score (nSPS) is 36.2. The topological polar surface area (TPSA) is 37.3 Å². The quantitative estimate of drug-likeness (QED) is 0.531. The third-order valence-corrected chi connectivity index (χ3v) is 8.70. The molecular formula is C28H38O2. The Hall–Kier alpha value is -1.67. The van der Waals surface area contributed by atoms with E-state index >= 15 is 0 Å². The number of ketones is 1. The van der Waals surface area contributed by atoms with E-state index < -0.39 is 0 Å². The van der Waals surface area contributed by atoms with Crippen molar-refractivity contribution in [3.8, 4) is 0 Å². The first-order valence-electron chi connectivity index (χ1n) is 11.8. The molecule has 0 unspecified atom stereocenters. The van der Waals surface area contributed by atoms with E-state index in [1.165, 1.54) is 27.9 Å². The Labute approximate surface area is 182 Å². The van der Waals surface area contributed by atoms with Crippen LogP contribution in [0.25, 0.3) is 0 Å². The molecule has 0 radical (unpaired) electrons. The number of carbonyl (C=O) groups excluding carboxylic acids is 1. The van der Waals surface area contributed by atoms with Crippen LogP contribution in [0.15, 0.2) is 57.7 Å². The van der Waals surface area contributed by atoms with Crippen LogP contribution >= 0.6 is 0 Å². The van der Waals surface area contributed by atoms with Gasteiger partial charge in [0.05, 0.1) is 6.10 Å². The number of aliphatic hydroxyl groups is 1. The van der Waals surface area contributed by atoms with E-state index in [2.05, 4.69) is 52.8 Å². The molecule has 2 heteroatoms. The average Bonchev–Trinajstić information content (AvgIpc) is 2.95. The van der Waals surface area contributed by atoms with Crippen LogP contribution in [-0.2, 0) is 4.79 Å². The van der Waals surface area contributed by atoms with Crippen LogP contribution in [0.3, 0.4) is 0 Å². The van der Waals surface area contributed by atoms with Gasteiger partial charge >= 0.3 is 0 Å². The maximum atomic E-state index is 12.3. The maximum Gasteiger partial charge on any atom is 0.181 e. The van der Waals surface area contributed by atoms with Crippen LogP contribution in [0, 0.1) is 22.7 Å². The summed E-state index contributed by atoms with van der Waals surface area (Å²) >= 11 is 0. The molecule has 0 saturated carbocycles. The lowest BCUT2D eigenvalue weighted by molar-refractivity contribution is -0.111. The molecule has 4 aliphatic carbocycles. The first kappa shape index (κ1) is 21.6. The molecule has 0 saturated heterocycles. The van der Waals surface area contributed by atoms with Gasteiger partial charge in [-0.2, -0.15) is 0 Å². The molecule has 0 amide bonds. The molecule has 0 heterocycles. The number of hydrogen-bond donors (Lipinski definition) is 1. The lowest BCUT2D eigenvalue weighted by atomic mass is 9.54. The summed E-state index contributed by atoms with van der Waals surface area (Å²) in [5.74, 6) is 0.954. The van der Waals surface area contributed by atoms with Gasteiger partial charge in [0, 0.05) is 11.3 Å². The molecule has 0 aromatic heterocycles. The van der Waals surface area contributed by atoms with Crippen molar-refractivity contribution in [3.05, 3.63) is 57.7 Å². The molecule has 1 N–H and O–H groups in total. The van der Waals surface area contributed by atoms with E-state index in [1.807, 2.05) is 6.92 Å². The summed E-state index contributed by atoms with van der Waals surface area (Å²) in [5.41, 5.74) is 7.99. The Morgan fingerprint density at radius 2 is 1.97 bits per heavy atom. The van der Waals surface area contributed by atoms with Gasteiger partial charge in [-0.25, -0.2) is 0 Å². The number of fused-ring (bicyclic) bond motifs is 4. The molecule has 5 atom stereocenters. The Morgan fingerprint density at radius 3 is 2.67 bits per heavy atom. The van der Waals surface area contributed by atoms with Crippen molar-refractivity contribution < 1.29 is 9.90 Å². The van der Waals surface area contributed by atoms with Crippen LogP contribution in [0.2, 0.25) is 0 Å². The lowest BCUT2D eigenvalue weighted by Gasteiger charge is -2.49. The highest BCUT2D eigenvalue weighted by atomic mass is 16.3. The summed E-state index contributed by atoms with van der Waals surface area (Å²) in [7, 11) is 0. The maximum absolute atomic E-state index is 12.3. The summed E-state index contributed by atoms with van der Waals surface area (Å²) in [6.45, 7) is 13.4. The SMILES string of the molecule is CC(C)=CCC[C@@H](C)[C@@H]1[C@@H](O)C=C2C3=C(CC[C@]21C)[C@@]1(C)C=CC(=O)C(C)=C1CC3. The molecule has 4 aliphatic rings. The molecule has 162 valence electrons. The fourth-order valence-electron chi connectivity index (χ4n) is 7.09. The molecule has 0 aliphatic heterocycles. The van der Waals surface area contributed by atoms with Gasteiger partial charge < -0.3 is 5.11 Å². The minimum absolute atomic E-state index is 0.0590. The average molecular weight is 407 g/mol. The zero-order valence-corrected chi connectivity index (χ0v) is 19.6. The molecule has 2 nitrogen and oxygen atoms in total. The predicted octanol–water partition coefficient (Wildman–Crippen LogP) is 6.64. The predicted molar refractivity (Wildman–Crippen MR) is 124 cm³/mol. The molecule has 0 bridgehead atoms. The monoisotopic (exact) mass is 406 g/mol. The van der Waals surface area contributed by atoms with Gasteiger partial charge in [0.15, 0.2) is 5.78 Å². The molecule has 30 heavy (non-hydrogen) atoms. The van der Waals surface area contributed by atoms with E-state index in [9.17, 15) is 9.90 Å². The van der Waals surface area contributed by atoms with Gasteiger partial charge in [0.25, 0.3) is 0 Å². The number of carbonyl (C=O) groups is 1. The minimum Gasteiger partial charge on any atom is -0.389 e. The van der Waals surface area contributed by atoms with E-state index in [4.69, 9.17) is 0 Å². The number of allylic oxidation sites excluding steroid dienone is 9. The summed E-state index contributed by atoms with van der Waals surface area (Å²) in [4.78, 5) is 12.3. The van der Waals surface area contributed by atoms with Crippen molar-refractivity contribution in [3.63, 3.8) is 0 Å². The van der Waals surface area contributed by atoms with Crippen LogP contribution < -0.4 is 0 Å². The van der Waals surface area contributed by atoms with Crippen LogP contribution in [0.1, 0.15) is 80.1 Å². The Bertz CT molecular complexity index is 920. The molecule has 4 rings (SSSR count). The highest BCUT2D eigenvalue weighted by Gasteiger charge is 2.53. The van der Waals surface area contributed by atoms with Gasteiger partial charge in [0.1, 0.15) is 0 Å². The number of hydrogen-bond acceptors (Lipinski definition) is 2.